The van der Waals surface area contributed by atoms with Crippen LogP contribution in [-0.2, 0) is 17.4 Å². The molecule has 3 aromatic heterocycles. The number of aromatic nitrogens is 4. The van der Waals surface area contributed by atoms with E-state index in [4.69, 9.17) is 5.73 Å². The highest BCUT2D eigenvalue weighted by atomic mass is 32.1. The summed E-state index contributed by atoms with van der Waals surface area (Å²) in [5, 5.41) is 3.14. The molecule has 0 bridgehead atoms. The van der Waals surface area contributed by atoms with Crippen LogP contribution < -0.4 is 16.0 Å². The topological polar surface area (TPSA) is 110 Å². The number of nitrogens with one attached hydrogen (secondary N) is 1. The Hall–Kier alpha value is -3.28. The molecule has 0 aliphatic heterocycles. The minimum Gasteiger partial charge on any atom is -0.397 e. The molecule has 0 saturated carbocycles. The molecule has 1 amide bonds. The molecule has 0 aliphatic rings. The fraction of sp³-hybridized carbons (Fsp3) is 0.350. The van der Waals surface area contributed by atoms with E-state index in [-0.39, 0.29) is 16.6 Å². The molecule has 0 radical (unpaired) electrons. The molecule has 0 aliphatic carbocycles. The maximum Gasteiger partial charge on any atom is 0.417 e. The molecule has 0 atom stereocenters. The molecule has 3 N–H and O–H groups in total. The number of pyridine rings is 2. The molecule has 3 heterocycles. The zero-order valence-corrected chi connectivity index (χ0v) is 18.7. The van der Waals surface area contributed by atoms with E-state index in [9.17, 15) is 18.0 Å². The van der Waals surface area contributed by atoms with Gasteiger partial charge in [-0.25, -0.2) is 4.98 Å². The standard InChI is InChI=1S/C20H22F3N7OS/c1-10(2)5-12-6-15(25-9-14(12)24)17-27-19(32-29-17)28-18-16(30(4)11(3)31)7-13(8-26-18)20(21,22)23/h6-10H,5,24H2,1-4H3,(H,26,27,28,29). The summed E-state index contributed by atoms with van der Waals surface area (Å²) in [7, 11) is 1.37. The Morgan fingerprint density at radius 3 is 2.59 bits per heavy atom. The van der Waals surface area contributed by atoms with Crippen molar-refractivity contribution in [3.63, 3.8) is 0 Å². The van der Waals surface area contributed by atoms with Gasteiger partial charge in [0.25, 0.3) is 0 Å². The summed E-state index contributed by atoms with van der Waals surface area (Å²) >= 11 is 0.993. The number of nitrogen functional groups attached to an aromatic ring is 1. The predicted octanol–water partition coefficient (Wildman–Crippen LogP) is 4.52. The lowest BCUT2D eigenvalue weighted by Crippen LogP contribution is -2.24. The number of amides is 1. The molecule has 32 heavy (non-hydrogen) atoms. The van der Waals surface area contributed by atoms with Crippen molar-refractivity contribution in [1.29, 1.82) is 0 Å². The number of nitrogens with two attached hydrogens (primary N) is 1. The van der Waals surface area contributed by atoms with Crippen molar-refractivity contribution in [2.24, 2.45) is 5.92 Å². The van der Waals surface area contributed by atoms with E-state index in [1.54, 1.807) is 6.20 Å². The number of halogens is 3. The van der Waals surface area contributed by atoms with Crippen LogP contribution in [0.3, 0.4) is 0 Å². The second-order valence-electron chi connectivity index (χ2n) is 7.58. The lowest BCUT2D eigenvalue weighted by Gasteiger charge is -2.20. The van der Waals surface area contributed by atoms with Crippen LogP contribution in [-0.4, -0.2) is 32.3 Å². The number of hydrogen-bond acceptors (Lipinski definition) is 8. The highest BCUT2D eigenvalue weighted by Crippen LogP contribution is 2.35. The first-order valence-electron chi connectivity index (χ1n) is 9.62. The highest BCUT2D eigenvalue weighted by molar-refractivity contribution is 7.09. The van der Waals surface area contributed by atoms with Gasteiger partial charge in [-0.1, -0.05) is 13.8 Å². The van der Waals surface area contributed by atoms with Crippen molar-refractivity contribution in [2.75, 3.05) is 23.0 Å². The van der Waals surface area contributed by atoms with Crippen LogP contribution in [0.2, 0.25) is 0 Å². The number of carbonyl (C=O) groups excluding carboxylic acids is 1. The van der Waals surface area contributed by atoms with Crippen LogP contribution in [0, 0.1) is 5.92 Å². The quantitative estimate of drug-likeness (QED) is 0.551. The number of hydrogen-bond donors (Lipinski definition) is 2. The van der Waals surface area contributed by atoms with Crippen molar-refractivity contribution in [3.05, 3.63) is 35.7 Å². The first-order chi connectivity index (χ1) is 15.0. The van der Waals surface area contributed by atoms with Gasteiger partial charge in [0.05, 0.1) is 23.1 Å². The average Bonchev–Trinajstić information content (AvgIpc) is 3.16. The number of alkyl halides is 3. The van der Waals surface area contributed by atoms with Gasteiger partial charge in [0.2, 0.25) is 11.0 Å². The summed E-state index contributed by atoms with van der Waals surface area (Å²) in [5.41, 5.74) is 7.05. The normalized spacial score (nSPS) is 11.6. The second-order valence-corrected chi connectivity index (χ2v) is 8.33. The first-order valence-corrected chi connectivity index (χ1v) is 10.4. The van der Waals surface area contributed by atoms with Gasteiger partial charge in [0.1, 0.15) is 5.69 Å². The molecule has 0 fully saturated rings. The van der Waals surface area contributed by atoms with E-state index in [2.05, 4.69) is 38.5 Å². The minimum absolute atomic E-state index is 0.0334. The molecule has 3 aromatic rings. The van der Waals surface area contributed by atoms with E-state index in [1.807, 2.05) is 6.07 Å². The van der Waals surface area contributed by atoms with Gasteiger partial charge >= 0.3 is 6.18 Å². The Balaban J connectivity index is 1.92. The Kier molecular flexibility index (Phi) is 6.63. The van der Waals surface area contributed by atoms with Gasteiger partial charge in [0.15, 0.2) is 11.6 Å². The lowest BCUT2D eigenvalue weighted by molar-refractivity contribution is -0.137. The van der Waals surface area contributed by atoms with E-state index >= 15 is 0 Å². The highest BCUT2D eigenvalue weighted by Gasteiger charge is 2.32. The number of rotatable bonds is 6. The Morgan fingerprint density at radius 2 is 1.97 bits per heavy atom. The molecule has 0 spiro atoms. The third-order valence-corrected chi connectivity index (χ3v) is 5.19. The molecular weight excluding hydrogens is 443 g/mol. The largest absolute Gasteiger partial charge is 0.417 e. The molecule has 8 nitrogen and oxygen atoms in total. The van der Waals surface area contributed by atoms with Crippen molar-refractivity contribution < 1.29 is 18.0 Å². The monoisotopic (exact) mass is 465 g/mol. The number of anilines is 4. The van der Waals surface area contributed by atoms with Crippen LogP contribution in [0.1, 0.15) is 31.9 Å². The van der Waals surface area contributed by atoms with E-state index < -0.39 is 17.6 Å². The SMILES string of the molecule is CC(=O)N(C)c1cc(C(F)(F)F)cnc1Nc1nc(-c2cc(CC(C)C)c(N)cn2)ns1. The number of carbonyl (C=O) groups is 1. The summed E-state index contributed by atoms with van der Waals surface area (Å²) in [6, 6.07) is 2.69. The summed E-state index contributed by atoms with van der Waals surface area (Å²) in [6.07, 6.45) is -1.57. The summed E-state index contributed by atoms with van der Waals surface area (Å²) < 4.78 is 43.6. The molecule has 170 valence electrons. The van der Waals surface area contributed by atoms with Crippen LogP contribution in [0.4, 0.5) is 35.5 Å². The van der Waals surface area contributed by atoms with Gasteiger partial charge in [-0.3, -0.25) is 9.78 Å². The van der Waals surface area contributed by atoms with Crippen molar-refractivity contribution in [2.45, 2.75) is 33.4 Å². The fourth-order valence-corrected chi connectivity index (χ4v) is 3.43. The van der Waals surface area contributed by atoms with Crippen molar-refractivity contribution in [3.8, 4) is 11.5 Å². The van der Waals surface area contributed by atoms with Crippen LogP contribution in [0.15, 0.2) is 24.5 Å². The fourth-order valence-electron chi connectivity index (χ4n) is 2.86. The van der Waals surface area contributed by atoms with Crippen molar-refractivity contribution in [1.82, 2.24) is 19.3 Å². The van der Waals surface area contributed by atoms with Crippen LogP contribution in [0.25, 0.3) is 11.5 Å². The van der Waals surface area contributed by atoms with E-state index in [0.29, 0.717) is 29.3 Å². The summed E-state index contributed by atoms with van der Waals surface area (Å²) in [4.78, 5) is 25.4. The maximum atomic E-state index is 13.1. The molecule has 0 unspecified atom stereocenters. The van der Waals surface area contributed by atoms with Crippen molar-refractivity contribution >= 4 is 39.8 Å². The molecule has 0 saturated heterocycles. The Labute approximate surface area is 186 Å². The third-order valence-electron chi connectivity index (χ3n) is 4.56. The van der Waals surface area contributed by atoms with Crippen LogP contribution >= 0.6 is 11.5 Å². The molecule has 12 heteroatoms. The molecule has 0 aromatic carbocycles. The summed E-state index contributed by atoms with van der Waals surface area (Å²) in [6.45, 7) is 5.40. The first kappa shape index (κ1) is 23.4. The Morgan fingerprint density at radius 1 is 1.25 bits per heavy atom. The number of nitrogens with zero attached hydrogens (tertiary/aromatic N) is 5. The van der Waals surface area contributed by atoms with Crippen LogP contribution in [0.5, 0.6) is 0 Å². The smallest absolute Gasteiger partial charge is 0.397 e. The van der Waals surface area contributed by atoms with Gasteiger partial charge in [0, 0.05) is 31.7 Å². The lowest BCUT2D eigenvalue weighted by atomic mass is 10.0. The van der Waals surface area contributed by atoms with Gasteiger partial charge < -0.3 is 16.0 Å². The zero-order valence-electron chi connectivity index (χ0n) is 17.9. The minimum atomic E-state index is -4.59. The average molecular weight is 466 g/mol. The second kappa shape index (κ2) is 9.07. The Bertz CT molecular complexity index is 1130. The van der Waals surface area contributed by atoms with E-state index in [1.165, 1.54) is 14.0 Å². The molecular formula is C20H22F3N7OS. The third kappa shape index (κ3) is 5.31. The van der Waals surface area contributed by atoms with Gasteiger partial charge in [-0.15, -0.1) is 0 Å². The molecule has 3 rings (SSSR count). The van der Waals surface area contributed by atoms with Gasteiger partial charge in [-0.05, 0) is 30.0 Å². The summed E-state index contributed by atoms with van der Waals surface area (Å²) in [5.74, 6) is 0.339. The van der Waals surface area contributed by atoms with Gasteiger partial charge in [-0.2, -0.15) is 22.5 Å². The maximum absolute atomic E-state index is 13.1. The van der Waals surface area contributed by atoms with E-state index in [0.717, 1.165) is 34.5 Å². The zero-order chi connectivity index (χ0) is 23.6. The predicted molar refractivity (Wildman–Crippen MR) is 118 cm³/mol.